The van der Waals surface area contributed by atoms with Crippen molar-refractivity contribution < 1.29 is 8.42 Å². The highest BCUT2D eigenvalue weighted by Gasteiger charge is 2.28. The summed E-state index contributed by atoms with van der Waals surface area (Å²) in [4.78, 5) is 4.99. The zero-order valence-electron chi connectivity index (χ0n) is 26.0. The molecule has 41 heavy (non-hydrogen) atoms. The Balaban J connectivity index is 2.04. The molecule has 0 heterocycles. The lowest BCUT2D eigenvalue weighted by atomic mass is 10.00. The van der Waals surface area contributed by atoms with Crippen LogP contribution in [-0.2, 0) is 22.7 Å². The molecule has 0 aliphatic carbocycles. The van der Waals surface area contributed by atoms with Crippen molar-refractivity contribution in [1.82, 2.24) is 0 Å². The Morgan fingerprint density at radius 2 is 1.22 bits per heavy atom. The Hall–Kier alpha value is -3.31. The SMILES string of the molecule is CCc1cc(N(CC)CC)ccc1C=CC=CC(c1ccc(N(CC)CC)cc1CC)S(=O)(=O)c1ccc(C)cc1. The Labute approximate surface area is 249 Å². The number of sulfone groups is 1. The number of anilines is 2. The third-order valence-electron chi connectivity index (χ3n) is 7.94. The van der Waals surface area contributed by atoms with Crippen molar-refractivity contribution in [3.63, 3.8) is 0 Å². The average molecular weight is 573 g/mol. The molecule has 0 spiro atoms. The molecule has 0 amide bonds. The lowest BCUT2D eigenvalue weighted by Gasteiger charge is -2.24. The Kier molecular flexibility index (Phi) is 11.8. The predicted molar refractivity (Wildman–Crippen MR) is 178 cm³/mol. The van der Waals surface area contributed by atoms with E-state index in [9.17, 15) is 8.42 Å². The molecule has 0 saturated carbocycles. The highest BCUT2D eigenvalue weighted by molar-refractivity contribution is 7.91. The summed E-state index contributed by atoms with van der Waals surface area (Å²) >= 11 is 0. The summed E-state index contributed by atoms with van der Waals surface area (Å²) in [6.07, 6.45) is 9.48. The number of rotatable bonds is 14. The van der Waals surface area contributed by atoms with Gasteiger partial charge in [-0.1, -0.05) is 68.0 Å². The first-order valence-corrected chi connectivity index (χ1v) is 16.7. The highest BCUT2D eigenvalue weighted by atomic mass is 32.2. The van der Waals surface area contributed by atoms with E-state index in [1.165, 1.54) is 11.3 Å². The van der Waals surface area contributed by atoms with Crippen LogP contribution in [0.25, 0.3) is 6.08 Å². The number of aryl methyl sites for hydroxylation is 3. The fourth-order valence-electron chi connectivity index (χ4n) is 5.38. The van der Waals surface area contributed by atoms with Crippen LogP contribution >= 0.6 is 0 Å². The zero-order chi connectivity index (χ0) is 30.0. The molecule has 0 bridgehead atoms. The second kappa shape index (κ2) is 15.1. The number of hydrogen-bond acceptors (Lipinski definition) is 4. The van der Waals surface area contributed by atoms with E-state index in [2.05, 4.69) is 87.8 Å². The van der Waals surface area contributed by atoms with Gasteiger partial charge in [-0.15, -0.1) is 0 Å². The van der Waals surface area contributed by atoms with E-state index in [0.717, 1.165) is 67.0 Å². The molecule has 0 aliphatic rings. The van der Waals surface area contributed by atoms with Crippen LogP contribution in [0.3, 0.4) is 0 Å². The maximum Gasteiger partial charge on any atom is 0.188 e. The number of benzene rings is 3. The molecule has 220 valence electrons. The summed E-state index contributed by atoms with van der Waals surface area (Å²) in [7, 11) is -3.67. The van der Waals surface area contributed by atoms with E-state index < -0.39 is 15.1 Å². The average Bonchev–Trinajstić information content (AvgIpc) is 2.99. The van der Waals surface area contributed by atoms with Crippen molar-refractivity contribution in [2.75, 3.05) is 36.0 Å². The molecule has 4 nitrogen and oxygen atoms in total. The number of hydrogen-bond donors (Lipinski definition) is 0. The largest absolute Gasteiger partial charge is 0.372 e. The number of nitrogens with zero attached hydrogens (tertiary/aromatic N) is 2. The molecule has 3 aromatic rings. The summed E-state index contributed by atoms with van der Waals surface area (Å²) < 4.78 is 28.2. The van der Waals surface area contributed by atoms with Crippen molar-refractivity contribution in [1.29, 1.82) is 0 Å². The van der Waals surface area contributed by atoms with Gasteiger partial charge in [0.25, 0.3) is 0 Å². The van der Waals surface area contributed by atoms with Gasteiger partial charge in [0.1, 0.15) is 5.25 Å². The van der Waals surface area contributed by atoms with Crippen molar-refractivity contribution in [3.05, 3.63) is 107 Å². The number of allylic oxidation sites excluding steroid dienone is 2. The third-order valence-corrected chi connectivity index (χ3v) is 9.94. The zero-order valence-corrected chi connectivity index (χ0v) is 26.8. The van der Waals surface area contributed by atoms with Crippen LogP contribution in [-0.4, -0.2) is 34.6 Å². The monoisotopic (exact) mass is 572 g/mol. The fourth-order valence-corrected chi connectivity index (χ4v) is 7.05. The molecule has 0 radical (unpaired) electrons. The Morgan fingerprint density at radius 3 is 1.76 bits per heavy atom. The molecule has 5 heteroatoms. The minimum atomic E-state index is -3.67. The van der Waals surface area contributed by atoms with Gasteiger partial charge >= 0.3 is 0 Å². The summed E-state index contributed by atoms with van der Waals surface area (Å²) in [5.41, 5.74) is 7.74. The van der Waals surface area contributed by atoms with Crippen molar-refractivity contribution >= 4 is 27.3 Å². The Morgan fingerprint density at radius 1 is 0.683 bits per heavy atom. The van der Waals surface area contributed by atoms with Gasteiger partial charge in [0.2, 0.25) is 0 Å². The van der Waals surface area contributed by atoms with Crippen LogP contribution in [0.15, 0.2) is 83.8 Å². The minimum absolute atomic E-state index is 0.344. The van der Waals surface area contributed by atoms with Crippen molar-refractivity contribution in [2.45, 2.75) is 71.5 Å². The van der Waals surface area contributed by atoms with Crippen LogP contribution in [0.4, 0.5) is 11.4 Å². The van der Waals surface area contributed by atoms with Crippen molar-refractivity contribution in [2.24, 2.45) is 0 Å². The summed E-state index contributed by atoms with van der Waals surface area (Å²) in [5.74, 6) is 0. The van der Waals surface area contributed by atoms with Crippen LogP contribution in [0, 0.1) is 6.92 Å². The molecule has 3 aromatic carbocycles. The minimum Gasteiger partial charge on any atom is -0.372 e. The lowest BCUT2D eigenvalue weighted by Crippen LogP contribution is -2.22. The quantitative estimate of drug-likeness (QED) is 0.181. The molecule has 0 aliphatic heterocycles. The van der Waals surface area contributed by atoms with Gasteiger partial charge in [-0.2, -0.15) is 0 Å². The normalized spacial score (nSPS) is 12.8. The van der Waals surface area contributed by atoms with Crippen LogP contribution in [0.1, 0.15) is 74.6 Å². The van der Waals surface area contributed by atoms with E-state index in [4.69, 9.17) is 0 Å². The van der Waals surface area contributed by atoms with Crippen LogP contribution in [0.2, 0.25) is 0 Å². The maximum absolute atomic E-state index is 14.1. The molecule has 0 saturated heterocycles. The van der Waals surface area contributed by atoms with E-state index in [1.807, 2.05) is 43.4 Å². The van der Waals surface area contributed by atoms with E-state index in [-0.39, 0.29) is 0 Å². The van der Waals surface area contributed by atoms with Gasteiger partial charge in [0.05, 0.1) is 4.90 Å². The van der Waals surface area contributed by atoms with Gasteiger partial charge in [-0.05, 0) is 106 Å². The van der Waals surface area contributed by atoms with Gasteiger partial charge in [-0.25, -0.2) is 8.42 Å². The van der Waals surface area contributed by atoms with Crippen molar-refractivity contribution in [3.8, 4) is 0 Å². The molecule has 0 fully saturated rings. The van der Waals surface area contributed by atoms with Gasteiger partial charge in [-0.3, -0.25) is 0 Å². The predicted octanol–water partition coefficient (Wildman–Crippen LogP) is 8.60. The first-order valence-electron chi connectivity index (χ1n) is 15.1. The lowest BCUT2D eigenvalue weighted by molar-refractivity contribution is 0.590. The second-order valence-corrected chi connectivity index (χ2v) is 12.4. The molecule has 1 atom stereocenters. The summed E-state index contributed by atoms with van der Waals surface area (Å²) in [5, 5.41) is -0.786. The topological polar surface area (TPSA) is 40.6 Å². The highest BCUT2D eigenvalue weighted by Crippen LogP contribution is 2.35. The fraction of sp³-hybridized carbons (Fsp3) is 0.389. The smallest absolute Gasteiger partial charge is 0.188 e. The van der Waals surface area contributed by atoms with E-state index in [1.54, 1.807) is 12.1 Å². The summed E-state index contributed by atoms with van der Waals surface area (Å²) in [6, 6.07) is 20.0. The van der Waals surface area contributed by atoms with Gasteiger partial charge in [0, 0.05) is 37.6 Å². The van der Waals surface area contributed by atoms with Crippen LogP contribution < -0.4 is 9.80 Å². The Bertz CT molecular complexity index is 1430. The molecule has 0 N–H and O–H groups in total. The molecular weight excluding hydrogens is 524 g/mol. The van der Waals surface area contributed by atoms with E-state index in [0.29, 0.717) is 4.90 Å². The van der Waals surface area contributed by atoms with E-state index >= 15 is 0 Å². The third kappa shape index (κ3) is 7.71. The first kappa shape index (κ1) is 32.2. The van der Waals surface area contributed by atoms with Gasteiger partial charge < -0.3 is 9.80 Å². The molecule has 0 aromatic heterocycles. The molecule has 3 rings (SSSR count). The molecular formula is C36H48N2O2S. The maximum atomic E-state index is 14.1. The van der Waals surface area contributed by atoms with Crippen LogP contribution in [0.5, 0.6) is 0 Å². The van der Waals surface area contributed by atoms with Gasteiger partial charge in [0.15, 0.2) is 9.84 Å². The molecule has 1 unspecified atom stereocenters. The first-order chi connectivity index (χ1) is 19.7. The summed E-state index contributed by atoms with van der Waals surface area (Å²) in [6.45, 7) is 18.6. The second-order valence-electron chi connectivity index (χ2n) is 10.3. The standard InChI is InChI=1S/C36H48N2O2S/c1-8-29-26-32(37(10-3)11-4)21-20-31(29)16-14-15-17-36(41(39,40)34-23-18-28(7)19-24-34)35-25-22-33(27-30(35)9-2)38(12-5)13-6/h14-27,36H,8-13H2,1-7H3.